The van der Waals surface area contributed by atoms with Crippen LogP contribution >= 0.6 is 0 Å². The van der Waals surface area contributed by atoms with E-state index in [9.17, 15) is 4.79 Å². The van der Waals surface area contributed by atoms with Crippen LogP contribution in [-0.2, 0) is 4.79 Å². The van der Waals surface area contributed by atoms with Gasteiger partial charge in [-0.3, -0.25) is 4.79 Å². The van der Waals surface area contributed by atoms with Crippen molar-refractivity contribution in [2.24, 2.45) is 0 Å². The van der Waals surface area contributed by atoms with E-state index in [-0.39, 0.29) is 5.91 Å². The minimum atomic E-state index is -0.269. The summed E-state index contributed by atoms with van der Waals surface area (Å²) >= 11 is 0. The maximum Gasteiger partial charge on any atom is 0.251 e. The highest BCUT2D eigenvalue weighted by Gasteiger charge is 1.80. The first kappa shape index (κ1) is 5.21. The molecule has 0 saturated heterocycles. The van der Waals surface area contributed by atoms with Crippen LogP contribution < -0.4 is 5.32 Å². The fourth-order valence-electron chi connectivity index (χ4n) is 0.0884. The van der Waals surface area contributed by atoms with E-state index in [1.165, 1.54) is 7.05 Å². The van der Waals surface area contributed by atoms with Gasteiger partial charge in [-0.25, -0.2) is 0 Å². The van der Waals surface area contributed by atoms with Crippen molar-refractivity contribution in [3.8, 4) is 0 Å². The van der Waals surface area contributed by atoms with Crippen LogP contribution in [0, 0.1) is 6.08 Å². The number of rotatable bonds is 1. The van der Waals surface area contributed by atoms with Gasteiger partial charge in [0.1, 0.15) is 0 Å². The van der Waals surface area contributed by atoms with Crippen LogP contribution in [0.1, 0.15) is 0 Å². The molecule has 0 heterocycles. The molecular formula is C4H6NO. The molecule has 0 bridgehead atoms. The highest BCUT2D eigenvalue weighted by atomic mass is 16.1. The molecule has 0 spiro atoms. The number of carbonyl (C=O) groups excluding carboxylic acids is 1. The summed E-state index contributed by atoms with van der Waals surface area (Å²) in [5.41, 5.74) is 0. The van der Waals surface area contributed by atoms with E-state index in [2.05, 4.69) is 18.0 Å². The summed E-state index contributed by atoms with van der Waals surface area (Å²) in [6, 6.07) is 0. The summed E-state index contributed by atoms with van der Waals surface area (Å²) in [6.45, 7) is 3.09. The Morgan fingerprint density at radius 2 is 2.50 bits per heavy atom. The molecule has 0 aromatic heterocycles. The second kappa shape index (κ2) is 2.45. The summed E-state index contributed by atoms with van der Waals surface area (Å²) in [5.74, 6) is -0.269. The lowest BCUT2D eigenvalue weighted by Crippen LogP contribution is -2.13. The van der Waals surface area contributed by atoms with E-state index >= 15 is 0 Å². The largest absolute Gasteiger partial charge is 0.355 e. The van der Waals surface area contributed by atoms with Gasteiger partial charge in [-0.2, -0.15) is 0 Å². The molecule has 0 atom stereocenters. The summed E-state index contributed by atoms with van der Waals surface area (Å²) in [6.07, 6.45) is 2.11. The first-order valence-corrected chi connectivity index (χ1v) is 1.56. The van der Waals surface area contributed by atoms with Gasteiger partial charge in [-0.15, -0.1) is 0 Å². The molecule has 0 aliphatic rings. The molecule has 0 saturated carbocycles. The molecule has 0 unspecified atom stereocenters. The molecule has 0 rings (SSSR count). The second-order valence-corrected chi connectivity index (χ2v) is 0.756. The number of nitrogens with one attached hydrogen (secondary N) is 1. The van der Waals surface area contributed by atoms with E-state index in [0.717, 1.165) is 0 Å². The lowest BCUT2D eigenvalue weighted by molar-refractivity contribution is -0.116. The molecule has 33 valence electrons. The fourth-order valence-corrected chi connectivity index (χ4v) is 0.0884. The Bertz CT molecular complexity index is 67.9. The van der Waals surface area contributed by atoms with Crippen molar-refractivity contribution in [2.75, 3.05) is 7.05 Å². The predicted molar refractivity (Wildman–Crippen MR) is 22.9 cm³/mol. The van der Waals surface area contributed by atoms with Crippen molar-refractivity contribution >= 4 is 5.91 Å². The fraction of sp³-hybridized carbons (Fsp3) is 0.250. The van der Waals surface area contributed by atoms with Gasteiger partial charge < -0.3 is 5.32 Å². The van der Waals surface area contributed by atoms with Gasteiger partial charge in [-0.1, -0.05) is 6.58 Å². The van der Waals surface area contributed by atoms with Gasteiger partial charge in [0.25, 0.3) is 5.91 Å². The Morgan fingerprint density at radius 1 is 2.00 bits per heavy atom. The lowest BCUT2D eigenvalue weighted by atomic mass is 10.6. The maximum atomic E-state index is 9.90. The predicted octanol–water partition coefficient (Wildman–Crippen LogP) is -0.278. The molecule has 0 aliphatic heterocycles. The van der Waals surface area contributed by atoms with Crippen LogP contribution in [0.3, 0.4) is 0 Å². The van der Waals surface area contributed by atoms with Crippen LogP contribution in [-0.4, -0.2) is 13.0 Å². The molecule has 0 aromatic rings. The Labute approximate surface area is 36.9 Å². The Hall–Kier alpha value is -0.790. The summed E-state index contributed by atoms with van der Waals surface area (Å²) in [5, 5.41) is 2.30. The Balaban J connectivity index is 3.23. The SMILES string of the molecule is C=[C]C(=O)NC. The number of carbonyl (C=O) groups is 1. The molecule has 0 aromatic carbocycles. The van der Waals surface area contributed by atoms with Crippen molar-refractivity contribution in [1.82, 2.24) is 5.32 Å². The van der Waals surface area contributed by atoms with Crippen molar-refractivity contribution in [2.45, 2.75) is 0 Å². The van der Waals surface area contributed by atoms with Gasteiger partial charge in [0, 0.05) is 13.1 Å². The Kier molecular flexibility index (Phi) is 2.13. The standard InChI is InChI=1S/C4H6NO/c1-3-4(6)5-2/h1H2,2H3,(H,5,6). The average Bonchev–Trinajstić information content (AvgIpc) is 1.65. The van der Waals surface area contributed by atoms with E-state index in [0.29, 0.717) is 0 Å². The lowest BCUT2D eigenvalue weighted by Gasteiger charge is -1.81. The third-order valence-corrected chi connectivity index (χ3v) is 0.388. The molecule has 2 heteroatoms. The third kappa shape index (κ3) is 1.52. The van der Waals surface area contributed by atoms with Gasteiger partial charge in [0.15, 0.2) is 0 Å². The average molecular weight is 84.1 g/mol. The number of hydrogen-bond acceptors (Lipinski definition) is 1. The Morgan fingerprint density at radius 3 is 2.50 bits per heavy atom. The van der Waals surface area contributed by atoms with Crippen molar-refractivity contribution in [3.63, 3.8) is 0 Å². The van der Waals surface area contributed by atoms with Gasteiger partial charge in [0.05, 0.1) is 0 Å². The van der Waals surface area contributed by atoms with Crippen LogP contribution in [0.4, 0.5) is 0 Å². The van der Waals surface area contributed by atoms with Gasteiger partial charge >= 0.3 is 0 Å². The summed E-state index contributed by atoms with van der Waals surface area (Å²) < 4.78 is 0. The molecule has 1 N–H and O–H groups in total. The van der Waals surface area contributed by atoms with E-state index in [1.54, 1.807) is 0 Å². The number of hydrogen-bond donors (Lipinski definition) is 1. The van der Waals surface area contributed by atoms with Crippen molar-refractivity contribution in [3.05, 3.63) is 12.7 Å². The summed E-state index contributed by atoms with van der Waals surface area (Å²) in [7, 11) is 1.53. The topological polar surface area (TPSA) is 29.1 Å². The third-order valence-electron chi connectivity index (χ3n) is 0.388. The minimum Gasteiger partial charge on any atom is -0.355 e. The van der Waals surface area contributed by atoms with E-state index in [1.807, 2.05) is 0 Å². The van der Waals surface area contributed by atoms with Crippen LogP contribution in [0.2, 0.25) is 0 Å². The number of amides is 1. The molecular weight excluding hydrogens is 78.0 g/mol. The van der Waals surface area contributed by atoms with E-state index < -0.39 is 0 Å². The highest BCUT2D eigenvalue weighted by molar-refractivity contribution is 5.82. The molecule has 2 nitrogen and oxygen atoms in total. The zero-order valence-electron chi connectivity index (χ0n) is 3.62. The van der Waals surface area contributed by atoms with Crippen LogP contribution in [0.25, 0.3) is 0 Å². The quantitative estimate of drug-likeness (QED) is 0.435. The van der Waals surface area contributed by atoms with Crippen molar-refractivity contribution < 1.29 is 4.79 Å². The maximum absolute atomic E-state index is 9.90. The normalized spacial score (nSPS) is 6.83. The molecule has 6 heavy (non-hydrogen) atoms. The second-order valence-electron chi connectivity index (χ2n) is 0.756. The molecule has 1 amide bonds. The first-order chi connectivity index (χ1) is 2.81. The van der Waals surface area contributed by atoms with Gasteiger partial charge in [-0.05, 0) is 0 Å². The molecule has 0 fully saturated rings. The summed E-state index contributed by atoms with van der Waals surface area (Å²) in [4.78, 5) is 9.90. The highest BCUT2D eigenvalue weighted by Crippen LogP contribution is 1.54. The molecule has 1 radical (unpaired) electrons. The monoisotopic (exact) mass is 84.0 g/mol. The smallest absolute Gasteiger partial charge is 0.251 e. The van der Waals surface area contributed by atoms with Crippen LogP contribution in [0.5, 0.6) is 0 Å². The first-order valence-electron chi connectivity index (χ1n) is 1.56. The zero-order chi connectivity index (χ0) is 4.99. The van der Waals surface area contributed by atoms with Crippen LogP contribution in [0.15, 0.2) is 6.58 Å². The molecule has 0 aliphatic carbocycles. The van der Waals surface area contributed by atoms with E-state index in [4.69, 9.17) is 0 Å². The minimum absolute atomic E-state index is 0.269. The number of likely N-dealkylation sites (N-methyl/N-ethyl adjacent to an activating group) is 1. The zero-order valence-corrected chi connectivity index (χ0v) is 3.62. The van der Waals surface area contributed by atoms with Crippen molar-refractivity contribution in [1.29, 1.82) is 0 Å². The van der Waals surface area contributed by atoms with Gasteiger partial charge in [0.2, 0.25) is 0 Å².